The molecule has 16 nitrogen and oxygen atoms in total. The Morgan fingerprint density at radius 3 is 2.19 bits per heavy atom. The molecule has 0 saturated heterocycles. The van der Waals surface area contributed by atoms with Gasteiger partial charge in [-0.15, -0.1) is 0 Å². The lowest BCUT2D eigenvalue weighted by Crippen LogP contribution is -2.48. The molecule has 0 radical (unpaired) electrons. The van der Waals surface area contributed by atoms with Crippen LogP contribution in [0.3, 0.4) is 0 Å². The quantitative estimate of drug-likeness (QED) is 0.0557. The lowest BCUT2D eigenvalue weighted by Gasteiger charge is -2.32. The smallest absolute Gasteiger partial charge is 0.416 e. The number of rotatable bonds is 17. The largest absolute Gasteiger partial charge is 0.511 e. The summed E-state index contributed by atoms with van der Waals surface area (Å²) in [6.07, 6.45) is -0.436. The Kier molecular flexibility index (Phi) is 21.8. The number of nitrogens with zero attached hydrogens (tertiary/aromatic N) is 5. The predicted octanol–water partition coefficient (Wildman–Crippen LogP) is 10.0. The number of thioether (sulfide) groups is 1. The van der Waals surface area contributed by atoms with Crippen LogP contribution in [0, 0.1) is 12.8 Å². The summed E-state index contributed by atoms with van der Waals surface area (Å²) in [7, 11) is -2.75. The van der Waals surface area contributed by atoms with Crippen molar-refractivity contribution in [2.75, 3.05) is 36.8 Å². The number of halogens is 5. The number of anilines is 1. The van der Waals surface area contributed by atoms with Gasteiger partial charge in [-0.2, -0.15) is 35.1 Å². The molecule has 70 heavy (non-hydrogen) atoms. The Labute approximate surface area is 420 Å². The lowest BCUT2D eigenvalue weighted by molar-refractivity contribution is -0.148. The van der Waals surface area contributed by atoms with Gasteiger partial charge in [0.1, 0.15) is 23.6 Å². The standard InChI is InChI=1S/C17H29NO3S.C16H18Cl2N2O4.C14H13F3N2O4S/c1-5-8-14(18-21-6-2)17-15(19)10-13(11-16(17)20)9-12(4)22-7-3;1-4-23-14(21)12-9-16(3,15(22)24-5-2)20(19-12)13-7-6-10(17)8-11(13)18;1-7-11(13(21)19(2)18-7)12(20)9-5-4-8(14(15,16)17)6-10(9)24(3,22)23/h12-13,19H,5-11H2,1-4H3;6-8H,4-5,9H2,1-3H3;4-6,21H,1-3H3/b18-14-;;. The number of aliphatic hydroxyl groups is 1. The number of Topliss-reactive ketones (excluding diaryl/α,β-unsaturated/α-hetero) is 1. The van der Waals surface area contributed by atoms with Gasteiger partial charge in [-0.25, -0.2) is 27.7 Å². The van der Waals surface area contributed by atoms with Crippen molar-refractivity contribution < 1.29 is 65.3 Å². The Balaban J connectivity index is 0.000000278. The van der Waals surface area contributed by atoms with Crippen molar-refractivity contribution in [3.63, 3.8) is 0 Å². The van der Waals surface area contributed by atoms with Crippen molar-refractivity contribution in [3.8, 4) is 5.88 Å². The molecule has 386 valence electrons. The van der Waals surface area contributed by atoms with Gasteiger partial charge in [0, 0.05) is 48.4 Å². The topological polar surface area (TPSA) is 216 Å². The first-order valence-corrected chi connectivity index (χ1v) is 26.0. The maximum Gasteiger partial charge on any atom is 0.416 e. The second kappa shape index (κ2) is 25.8. The predicted molar refractivity (Wildman–Crippen MR) is 264 cm³/mol. The van der Waals surface area contributed by atoms with Crippen LogP contribution >= 0.6 is 35.0 Å². The van der Waals surface area contributed by atoms with Crippen LogP contribution in [0.15, 0.2) is 62.9 Å². The Morgan fingerprint density at radius 2 is 1.67 bits per heavy atom. The van der Waals surface area contributed by atoms with E-state index in [1.807, 2.05) is 25.6 Å². The number of aromatic nitrogens is 2. The summed E-state index contributed by atoms with van der Waals surface area (Å²) in [5, 5.41) is 35.1. The summed E-state index contributed by atoms with van der Waals surface area (Å²) in [6, 6.07) is 6.62. The zero-order valence-electron chi connectivity index (χ0n) is 40.7. The molecule has 0 spiro atoms. The number of alkyl halides is 3. The third kappa shape index (κ3) is 15.2. The first-order chi connectivity index (χ1) is 32.7. The molecule has 1 aromatic heterocycles. The number of oxime groups is 1. The summed E-state index contributed by atoms with van der Waals surface area (Å²) in [5.74, 6) is -0.975. The van der Waals surface area contributed by atoms with Crippen LogP contribution in [0.5, 0.6) is 5.88 Å². The molecule has 23 heteroatoms. The fraction of sp³-hybridized carbons (Fsp3) is 0.511. The van der Waals surface area contributed by atoms with Gasteiger partial charge in [-0.05, 0) is 95.5 Å². The molecular weight excluding hydrogens is 1000 g/mol. The van der Waals surface area contributed by atoms with E-state index < -0.39 is 61.2 Å². The van der Waals surface area contributed by atoms with Gasteiger partial charge in [-0.3, -0.25) is 9.59 Å². The number of hydrogen-bond acceptors (Lipinski definition) is 16. The highest BCUT2D eigenvalue weighted by Crippen LogP contribution is 2.40. The van der Waals surface area contributed by atoms with Gasteiger partial charge in [0.05, 0.1) is 51.4 Å². The van der Waals surface area contributed by atoms with Gasteiger partial charge in [-0.1, -0.05) is 55.5 Å². The van der Waals surface area contributed by atoms with Gasteiger partial charge in [0.25, 0.3) is 0 Å². The minimum Gasteiger partial charge on any atom is -0.511 e. The third-order valence-electron chi connectivity index (χ3n) is 10.7. The van der Waals surface area contributed by atoms with E-state index in [0.717, 1.165) is 29.3 Å². The van der Waals surface area contributed by atoms with E-state index >= 15 is 0 Å². The minimum absolute atomic E-state index is 0.00866. The van der Waals surface area contributed by atoms with E-state index in [9.17, 15) is 51.0 Å². The Bertz CT molecular complexity index is 2600. The van der Waals surface area contributed by atoms with Gasteiger partial charge >= 0.3 is 18.1 Å². The molecule has 2 heterocycles. The van der Waals surface area contributed by atoms with E-state index in [-0.39, 0.29) is 54.1 Å². The number of ether oxygens (including phenoxy) is 2. The molecular formula is C47H60Cl2F3N5O11S2. The molecule has 0 fully saturated rings. The zero-order valence-corrected chi connectivity index (χ0v) is 43.8. The molecule has 2 aliphatic rings. The summed E-state index contributed by atoms with van der Waals surface area (Å²) in [5.41, 5.74) is -1.39. The Hall–Kier alpha value is -5.12. The van der Waals surface area contributed by atoms with Gasteiger partial charge in [0.15, 0.2) is 21.2 Å². The molecule has 5 rings (SSSR count). The normalized spacial score (nSPS) is 17.7. The van der Waals surface area contributed by atoms with E-state index in [4.69, 9.17) is 37.5 Å². The number of benzene rings is 2. The monoisotopic (exact) mass is 1060 g/mol. The van der Waals surface area contributed by atoms with Gasteiger partial charge < -0.3 is 24.5 Å². The molecule has 0 saturated carbocycles. The van der Waals surface area contributed by atoms with E-state index in [2.05, 4.69) is 29.2 Å². The molecule has 0 bridgehead atoms. The van der Waals surface area contributed by atoms with E-state index in [1.54, 1.807) is 39.0 Å². The van der Waals surface area contributed by atoms with Crippen LogP contribution in [0.4, 0.5) is 18.9 Å². The molecule has 3 aromatic rings. The van der Waals surface area contributed by atoms with Crippen molar-refractivity contribution in [2.24, 2.45) is 23.2 Å². The maximum absolute atomic E-state index is 12.8. The number of allylic oxidation sites excluding steroid dienone is 2. The maximum atomic E-state index is 12.8. The summed E-state index contributed by atoms with van der Waals surface area (Å²) in [6.45, 7) is 15.6. The van der Waals surface area contributed by atoms with Crippen molar-refractivity contribution in [1.29, 1.82) is 0 Å². The molecule has 2 N–H and O–H groups in total. The van der Waals surface area contributed by atoms with Crippen LogP contribution in [0.2, 0.25) is 10.0 Å². The number of carbonyl (C=O) groups is 4. The van der Waals surface area contributed by atoms with Crippen molar-refractivity contribution >= 4 is 85.4 Å². The number of hydrogen-bond donors (Lipinski definition) is 2. The van der Waals surface area contributed by atoms with Crippen LogP contribution in [0.25, 0.3) is 0 Å². The van der Waals surface area contributed by atoms with Crippen molar-refractivity contribution in [2.45, 2.75) is 116 Å². The van der Waals surface area contributed by atoms with E-state index in [1.165, 1.54) is 19.0 Å². The first kappa shape index (κ1) is 59.2. The molecule has 0 amide bonds. The van der Waals surface area contributed by atoms with Crippen LogP contribution in [-0.2, 0) is 51.8 Å². The average molecular weight is 1060 g/mol. The molecule has 3 atom stereocenters. The van der Waals surface area contributed by atoms with Crippen LogP contribution < -0.4 is 5.01 Å². The fourth-order valence-electron chi connectivity index (χ4n) is 7.54. The number of aryl methyl sites for hydroxylation is 2. The van der Waals surface area contributed by atoms with Crippen LogP contribution in [-0.4, -0.2) is 106 Å². The zero-order chi connectivity index (χ0) is 52.9. The highest BCUT2D eigenvalue weighted by molar-refractivity contribution is 7.99. The molecule has 1 aliphatic heterocycles. The number of aromatic hydroxyl groups is 1. The van der Waals surface area contributed by atoms with Crippen LogP contribution in [0.1, 0.15) is 114 Å². The number of hydrazone groups is 1. The third-order valence-corrected chi connectivity index (χ3v) is 13.4. The number of esters is 2. The summed E-state index contributed by atoms with van der Waals surface area (Å²) < 4.78 is 73.3. The fourth-order valence-corrected chi connectivity index (χ4v) is 9.90. The van der Waals surface area contributed by atoms with Gasteiger partial charge in [0.2, 0.25) is 11.7 Å². The summed E-state index contributed by atoms with van der Waals surface area (Å²) in [4.78, 5) is 53.9. The number of carbonyl (C=O) groups excluding carboxylic acids is 4. The average Bonchev–Trinajstić information content (AvgIpc) is 3.75. The van der Waals surface area contributed by atoms with Crippen molar-refractivity contribution in [1.82, 2.24) is 9.78 Å². The van der Waals surface area contributed by atoms with Crippen molar-refractivity contribution in [3.05, 3.63) is 80.2 Å². The first-order valence-electron chi connectivity index (χ1n) is 22.3. The number of sulfone groups is 1. The molecule has 1 aliphatic carbocycles. The van der Waals surface area contributed by atoms with E-state index in [0.29, 0.717) is 76.5 Å². The molecule has 3 unspecified atom stereocenters. The minimum atomic E-state index is -4.76. The molecule has 2 aromatic carbocycles. The Morgan fingerprint density at radius 1 is 1.01 bits per heavy atom. The number of ketones is 2. The number of aliphatic hydroxyl groups excluding tert-OH is 1. The second-order valence-corrected chi connectivity index (χ2v) is 20.8. The highest BCUT2D eigenvalue weighted by atomic mass is 35.5. The summed E-state index contributed by atoms with van der Waals surface area (Å²) >= 11 is 14.1. The highest BCUT2D eigenvalue weighted by Gasteiger charge is 2.49. The lowest BCUT2D eigenvalue weighted by atomic mass is 9.82. The second-order valence-electron chi connectivity index (χ2n) is 16.3. The SMILES string of the molecule is CCC/C(=N/OCC)C1=C(O)CC(CC(C)SCC)CC1=O.CCOC(=O)C1=NN(c2ccc(Cl)cc2Cl)C(C)(C(=O)OCC)C1.Cc1nn(C)c(O)c1C(=O)c1ccc(C(F)(F)F)cc1S(C)(=O)=O.